The zero-order chi connectivity index (χ0) is 11.1. The second-order valence-electron chi connectivity index (χ2n) is 4.19. The summed E-state index contributed by atoms with van der Waals surface area (Å²) in [5, 5.41) is 0.463. The second-order valence-corrected chi connectivity index (χ2v) is 5.50. The standard InChI is InChI=1S/C13H21NS/c1-11(2)8-9-15-13(10-14)12-6-4-3-5-7-12/h3-7,11,13H,8-10,14H2,1-2H3. The monoisotopic (exact) mass is 223 g/mol. The first-order valence-corrected chi connectivity index (χ1v) is 6.65. The van der Waals surface area contributed by atoms with E-state index in [2.05, 4.69) is 44.2 Å². The number of rotatable bonds is 6. The molecule has 0 saturated carbocycles. The summed E-state index contributed by atoms with van der Waals surface area (Å²) in [5.41, 5.74) is 7.16. The van der Waals surface area contributed by atoms with Gasteiger partial charge in [0, 0.05) is 11.8 Å². The maximum absolute atomic E-state index is 5.80. The molecule has 0 bridgehead atoms. The Bertz CT molecular complexity index is 258. The molecule has 0 amide bonds. The van der Waals surface area contributed by atoms with E-state index < -0.39 is 0 Å². The fourth-order valence-electron chi connectivity index (χ4n) is 1.41. The fraction of sp³-hybridized carbons (Fsp3) is 0.538. The molecule has 0 heterocycles. The zero-order valence-electron chi connectivity index (χ0n) is 9.65. The lowest BCUT2D eigenvalue weighted by atomic mass is 10.1. The molecule has 1 unspecified atom stereocenters. The third-order valence-electron chi connectivity index (χ3n) is 2.40. The molecule has 0 radical (unpaired) electrons. The molecule has 0 saturated heterocycles. The van der Waals surface area contributed by atoms with Crippen LogP contribution >= 0.6 is 11.8 Å². The summed E-state index contributed by atoms with van der Waals surface area (Å²) in [7, 11) is 0. The van der Waals surface area contributed by atoms with Crippen LogP contribution in [-0.4, -0.2) is 12.3 Å². The zero-order valence-corrected chi connectivity index (χ0v) is 10.5. The van der Waals surface area contributed by atoms with Crippen molar-refractivity contribution in [2.45, 2.75) is 25.5 Å². The summed E-state index contributed by atoms with van der Waals surface area (Å²) in [4.78, 5) is 0. The van der Waals surface area contributed by atoms with Gasteiger partial charge in [-0.05, 0) is 23.7 Å². The summed E-state index contributed by atoms with van der Waals surface area (Å²) in [6.45, 7) is 5.26. The topological polar surface area (TPSA) is 26.0 Å². The van der Waals surface area contributed by atoms with E-state index in [9.17, 15) is 0 Å². The maximum Gasteiger partial charge on any atom is 0.0419 e. The van der Waals surface area contributed by atoms with Gasteiger partial charge in [0.1, 0.15) is 0 Å². The Kier molecular flexibility index (Phi) is 5.81. The van der Waals surface area contributed by atoms with Crippen molar-refractivity contribution in [3.05, 3.63) is 35.9 Å². The first-order chi connectivity index (χ1) is 7.24. The molecule has 0 fully saturated rings. The van der Waals surface area contributed by atoms with Crippen molar-refractivity contribution in [2.24, 2.45) is 11.7 Å². The van der Waals surface area contributed by atoms with Crippen LogP contribution in [0.25, 0.3) is 0 Å². The van der Waals surface area contributed by atoms with E-state index in [1.54, 1.807) is 0 Å². The van der Waals surface area contributed by atoms with Crippen molar-refractivity contribution in [2.75, 3.05) is 12.3 Å². The highest BCUT2D eigenvalue weighted by molar-refractivity contribution is 7.99. The van der Waals surface area contributed by atoms with Gasteiger partial charge in [0.05, 0.1) is 0 Å². The smallest absolute Gasteiger partial charge is 0.0419 e. The first-order valence-electron chi connectivity index (χ1n) is 5.60. The van der Waals surface area contributed by atoms with E-state index in [0.717, 1.165) is 12.5 Å². The molecule has 1 aromatic carbocycles. The van der Waals surface area contributed by atoms with Crippen LogP contribution in [0.2, 0.25) is 0 Å². The van der Waals surface area contributed by atoms with E-state index in [4.69, 9.17) is 5.73 Å². The third-order valence-corrected chi connectivity index (χ3v) is 3.74. The van der Waals surface area contributed by atoms with Gasteiger partial charge in [0.15, 0.2) is 0 Å². The normalized spacial score (nSPS) is 13.1. The molecule has 1 rings (SSSR count). The molecule has 2 heteroatoms. The Balaban J connectivity index is 2.43. The molecule has 0 aliphatic rings. The van der Waals surface area contributed by atoms with Gasteiger partial charge in [-0.1, -0.05) is 44.2 Å². The molecule has 2 N–H and O–H groups in total. The van der Waals surface area contributed by atoms with E-state index in [0.29, 0.717) is 5.25 Å². The second kappa shape index (κ2) is 6.91. The number of thioether (sulfide) groups is 1. The minimum atomic E-state index is 0.463. The number of nitrogens with two attached hydrogens (primary N) is 1. The minimum absolute atomic E-state index is 0.463. The largest absolute Gasteiger partial charge is 0.329 e. The maximum atomic E-state index is 5.80. The molecule has 0 aliphatic carbocycles. The lowest BCUT2D eigenvalue weighted by Gasteiger charge is -2.15. The highest BCUT2D eigenvalue weighted by atomic mass is 32.2. The van der Waals surface area contributed by atoms with Crippen molar-refractivity contribution in [3.8, 4) is 0 Å². The molecule has 0 aromatic heterocycles. The van der Waals surface area contributed by atoms with Crippen LogP contribution < -0.4 is 5.73 Å². The van der Waals surface area contributed by atoms with E-state index in [1.807, 2.05) is 11.8 Å². The van der Waals surface area contributed by atoms with Crippen molar-refractivity contribution in [1.82, 2.24) is 0 Å². The Hall–Kier alpha value is -0.470. The average Bonchev–Trinajstić information content (AvgIpc) is 2.25. The molecule has 1 nitrogen and oxygen atoms in total. The third kappa shape index (κ3) is 4.72. The predicted octanol–water partition coefficient (Wildman–Crippen LogP) is 3.47. The predicted molar refractivity (Wildman–Crippen MR) is 70.2 cm³/mol. The van der Waals surface area contributed by atoms with Gasteiger partial charge in [-0.2, -0.15) is 11.8 Å². The van der Waals surface area contributed by atoms with Crippen molar-refractivity contribution in [1.29, 1.82) is 0 Å². The SMILES string of the molecule is CC(C)CCSC(CN)c1ccccc1. The molecular formula is C13H21NS. The van der Waals surface area contributed by atoms with Gasteiger partial charge < -0.3 is 5.73 Å². The summed E-state index contributed by atoms with van der Waals surface area (Å²) in [6, 6.07) is 10.6. The molecule has 1 atom stereocenters. The first kappa shape index (κ1) is 12.6. The van der Waals surface area contributed by atoms with Crippen LogP contribution in [0.3, 0.4) is 0 Å². The molecular weight excluding hydrogens is 202 g/mol. The van der Waals surface area contributed by atoms with Gasteiger partial charge >= 0.3 is 0 Å². The Morgan fingerprint density at radius 3 is 2.40 bits per heavy atom. The van der Waals surface area contributed by atoms with Gasteiger partial charge in [0.2, 0.25) is 0 Å². The summed E-state index contributed by atoms with van der Waals surface area (Å²) in [5.74, 6) is 1.99. The Labute approximate surface area is 97.4 Å². The van der Waals surface area contributed by atoms with Crippen LogP contribution in [0.15, 0.2) is 30.3 Å². The van der Waals surface area contributed by atoms with Crippen molar-refractivity contribution >= 4 is 11.8 Å². The fourth-order valence-corrected chi connectivity index (χ4v) is 2.79. The van der Waals surface area contributed by atoms with E-state index in [-0.39, 0.29) is 0 Å². The van der Waals surface area contributed by atoms with Crippen LogP contribution in [0.4, 0.5) is 0 Å². The summed E-state index contributed by atoms with van der Waals surface area (Å²) >= 11 is 1.98. The molecule has 0 spiro atoms. The number of hydrogen-bond acceptors (Lipinski definition) is 2. The van der Waals surface area contributed by atoms with Gasteiger partial charge in [-0.15, -0.1) is 0 Å². The van der Waals surface area contributed by atoms with E-state index >= 15 is 0 Å². The summed E-state index contributed by atoms with van der Waals surface area (Å²) in [6.07, 6.45) is 1.27. The minimum Gasteiger partial charge on any atom is -0.329 e. The van der Waals surface area contributed by atoms with E-state index in [1.165, 1.54) is 17.7 Å². The van der Waals surface area contributed by atoms with Crippen LogP contribution in [0, 0.1) is 5.92 Å². The molecule has 84 valence electrons. The molecule has 0 aliphatic heterocycles. The lowest BCUT2D eigenvalue weighted by Crippen LogP contribution is -2.10. The summed E-state index contributed by atoms with van der Waals surface area (Å²) < 4.78 is 0. The Morgan fingerprint density at radius 2 is 1.87 bits per heavy atom. The quantitative estimate of drug-likeness (QED) is 0.799. The van der Waals surface area contributed by atoms with Crippen molar-refractivity contribution in [3.63, 3.8) is 0 Å². The average molecular weight is 223 g/mol. The molecule has 1 aromatic rings. The highest BCUT2D eigenvalue weighted by Crippen LogP contribution is 2.28. The van der Waals surface area contributed by atoms with Crippen LogP contribution in [0.1, 0.15) is 31.1 Å². The van der Waals surface area contributed by atoms with Gasteiger partial charge in [-0.3, -0.25) is 0 Å². The number of hydrogen-bond donors (Lipinski definition) is 1. The molecule has 15 heavy (non-hydrogen) atoms. The lowest BCUT2D eigenvalue weighted by molar-refractivity contribution is 0.631. The van der Waals surface area contributed by atoms with Gasteiger partial charge in [-0.25, -0.2) is 0 Å². The van der Waals surface area contributed by atoms with Crippen LogP contribution in [0.5, 0.6) is 0 Å². The van der Waals surface area contributed by atoms with Gasteiger partial charge in [0.25, 0.3) is 0 Å². The highest BCUT2D eigenvalue weighted by Gasteiger charge is 2.09. The Morgan fingerprint density at radius 1 is 1.20 bits per heavy atom. The number of benzene rings is 1. The van der Waals surface area contributed by atoms with Crippen molar-refractivity contribution < 1.29 is 0 Å². The van der Waals surface area contributed by atoms with Crippen LogP contribution in [-0.2, 0) is 0 Å².